The Hall–Kier alpha value is -2.71. The van der Waals surface area contributed by atoms with Crippen LogP contribution in [0.25, 0.3) is 0 Å². The molecule has 34 heavy (non-hydrogen) atoms. The zero-order valence-corrected chi connectivity index (χ0v) is 21.2. The minimum absolute atomic E-state index is 0.0360. The Bertz CT molecular complexity index is 1120. The van der Waals surface area contributed by atoms with Crippen molar-refractivity contribution in [1.29, 1.82) is 0 Å². The number of ether oxygens (including phenoxy) is 1. The zero-order valence-electron chi connectivity index (χ0n) is 20.4. The van der Waals surface area contributed by atoms with Crippen LogP contribution in [0.15, 0.2) is 53.4 Å². The molecule has 0 saturated heterocycles. The molecule has 184 valence electrons. The third-order valence-electron chi connectivity index (χ3n) is 5.65. The minimum atomic E-state index is -3.78. The number of sulfonamides is 1. The molecule has 0 radical (unpaired) electrons. The zero-order chi connectivity index (χ0) is 24.9. The van der Waals surface area contributed by atoms with Gasteiger partial charge in [-0.15, -0.1) is 0 Å². The van der Waals surface area contributed by atoms with Crippen molar-refractivity contribution >= 4 is 21.9 Å². The molecule has 0 N–H and O–H groups in total. The molecule has 0 bridgehead atoms. The summed E-state index contributed by atoms with van der Waals surface area (Å²) in [4.78, 5) is 27.0. The first-order valence-corrected chi connectivity index (χ1v) is 13.1. The van der Waals surface area contributed by atoms with Crippen LogP contribution < -0.4 is 0 Å². The lowest BCUT2D eigenvalue weighted by Crippen LogP contribution is -2.39. The molecule has 1 aliphatic heterocycles. The summed E-state index contributed by atoms with van der Waals surface area (Å²) in [5.74, 6) is -0.390. The molecule has 0 spiro atoms. The Labute approximate surface area is 202 Å². The van der Waals surface area contributed by atoms with Crippen LogP contribution in [0.5, 0.6) is 0 Å². The normalized spacial score (nSPS) is 14.2. The van der Waals surface area contributed by atoms with Crippen LogP contribution in [0, 0.1) is 11.8 Å². The van der Waals surface area contributed by atoms with Crippen molar-refractivity contribution < 1.29 is 22.7 Å². The van der Waals surface area contributed by atoms with E-state index in [1.165, 1.54) is 28.6 Å². The lowest BCUT2D eigenvalue weighted by molar-refractivity contribution is -0.135. The molecule has 1 amide bonds. The van der Waals surface area contributed by atoms with E-state index in [0.717, 1.165) is 11.1 Å². The van der Waals surface area contributed by atoms with Gasteiger partial charge in [-0.2, -0.15) is 4.31 Å². The number of hydrogen-bond acceptors (Lipinski definition) is 5. The van der Waals surface area contributed by atoms with E-state index >= 15 is 0 Å². The molecular weight excluding hydrogens is 452 g/mol. The number of nitrogens with zero attached hydrogens (tertiary/aromatic N) is 2. The summed E-state index contributed by atoms with van der Waals surface area (Å²) < 4.78 is 33.2. The third-order valence-corrected chi connectivity index (χ3v) is 7.49. The van der Waals surface area contributed by atoms with Gasteiger partial charge in [-0.1, -0.05) is 58.0 Å². The number of rotatable bonds is 9. The minimum Gasteiger partial charge on any atom is -0.452 e. The van der Waals surface area contributed by atoms with E-state index in [9.17, 15) is 18.0 Å². The summed E-state index contributed by atoms with van der Waals surface area (Å²) in [7, 11) is -3.78. The highest BCUT2D eigenvalue weighted by molar-refractivity contribution is 7.89. The van der Waals surface area contributed by atoms with Crippen molar-refractivity contribution in [2.45, 2.75) is 45.6 Å². The summed E-state index contributed by atoms with van der Waals surface area (Å²) in [5, 5.41) is 0. The molecule has 8 heteroatoms. The van der Waals surface area contributed by atoms with Gasteiger partial charge in [0.05, 0.1) is 10.5 Å². The first kappa shape index (κ1) is 25.9. The predicted octanol–water partition coefficient (Wildman–Crippen LogP) is 3.73. The molecule has 0 aliphatic carbocycles. The van der Waals surface area contributed by atoms with Crippen molar-refractivity contribution in [3.05, 3.63) is 65.2 Å². The molecular formula is C26H34N2O5S. The molecule has 0 unspecified atom stereocenters. The van der Waals surface area contributed by atoms with Crippen molar-refractivity contribution in [1.82, 2.24) is 9.21 Å². The molecule has 3 rings (SSSR count). The van der Waals surface area contributed by atoms with Crippen LogP contribution in [-0.2, 0) is 32.5 Å². The van der Waals surface area contributed by atoms with Crippen molar-refractivity contribution in [2.24, 2.45) is 11.8 Å². The van der Waals surface area contributed by atoms with Gasteiger partial charge in [-0.3, -0.25) is 4.79 Å². The summed E-state index contributed by atoms with van der Waals surface area (Å²) in [5.41, 5.74) is 2.24. The fourth-order valence-electron chi connectivity index (χ4n) is 4.07. The standard InChI is InChI=1S/C26H34N2O5S/c1-19(2)15-27(16-20(3)4)25(29)18-33-26(30)22-10-7-11-24(14-22)34(31,32)28-13-12-21-8-5-6-9-23(21)17-28/h5-11,14,19-20H,12-13,15-18H2,1-4H3. The number of carbonyl (C=O) groups excluding carboxylic acids is 2. The molecule has 0 fully saturated rings. The average molecular weight is 487 g/mol. The van der Waals surface area contributed by atoms with E-state index in [-0.39, 0.29) is 23.0 Å². The molecule has 7 nitrogen and oxygen atoms in total. The quantitative estimate of drug-likeness (QED) is 0.504. The van der Waals surface area contributed by atoms with Gasteiger partial charge >= 0.3 is 5.97 Å². The van der Waals surface area contributed by atoms with E-state index in [2.05, 4.69) is 0 Å². The van der Waals surface area contributed by atoms with Gasteiger partial charge in [0.2, 0.25) is 10.0 Å². The molecule has 1 aliphatic rings. The molecule has 0 aromatic heterocycles. The number of benzene rings is 2. The van der Waals surface area contributed by atoms with Crippen molar-refractivity contribution in [2.75, 3.05) is 26.2 Å². The lowest BCUT2D eigenvalue weighted by atomic mass is 10.0. The maximum atomic E-state index is 13.2. The van der Waals surface area contributed by atoms with Crippen LogP contribution in [-0.4, -0.2) is 55.7 Å². The highest BCUT2D eigenvalue weighted by Gasteiger charge is 2.29. The fraction of sp³-hybridized carbons (Fsp3) is 0.462. The second-order valence-corrected chi connectivity index (χ2v) is 11.5. The Kier molecular flexibility index (Phi) is 8.49. The Morgan fingerprint density at radius 3 is 2.26 bits per heavy atom. The SMILES string of the molecule is CC(C)CN(CC(C)C)C(=O)COC(=O)c1cccc(S(=O)(=O)N2CCc3ccccc3C2)c1. The van der Waals surface area contributed by atoms with Crippen LogP contribution in [0.2, 0.25) is 0 Å². The maximum Gasteiger partial charge on any atom is 0.338 e. The van der Waals surface area contributed by atoms with Gasteiger partial charge in [0, 0.05) is 26.2 Å². The van der Waals surface area contributed by atoms with Gasteiger partial charge in [0.1, 0.15) is 0 Å². The Morgan fingerprint density at radius 1 is 0.971 bits per heavy atom. The number of fused-ring (bicyclic) bond motifs is 1. The van der Waals surface area contributed by atoms with E-state index in [1.807, 2.05) is 52.0 Å². The summed E-state index contributed by atoms with van der Waals surface area (Å²) in [6.07, 6.45) is 0.641. The molecule has 2 aromatic carbocycles. The van der Waals surface area contributed by atoms with Crippen LogP contribution in [0.1, 0.15) is 49.2 Å². The number of esters is 1. The van der Waals surface area contributed by atoms with E-state index in [4.69, 9.17) is 4.74 Å². The average Bonchev–Trinajstić information content (AvgIpc) is 2.81. The Morgan fingerprint density at radius 2 is 1.62 bits per heavy atom. The van der Waals surface area contributed by atoms with Crippen LogP contribution in [0.4, 0.5) is 0 Å². The predicted molar refractivity (Wildman–Crippen MR) is 131 cm³/mol. The van der Waals surface area contributed by atoms with E-state index in [0.29, 0.717) is 44.4 Å². The summed E-state index contributed by atoms with van der Waals surface area (Å²) in [6.45, 7) is 9.58. The van der Waals surface area contributed by atoms with Crippen molar-refractivity contribution in [3.63, 3.8) is 0 Å². The first-order valence-electron chi connectivity index (χ1n) is 11.7. The van der Waals surface area contributed by atoms with E-state index in [1.54, 1.807) is 4.90 Å². The molecule has 2 aromatic rings. The largest absolute Gasteiger partial charge is 0.452 e. The topological polar surface area (TPSA) is 84.0 Å². The number of carbonyl (C=O) groups is 2. The van der Waals surface area contributed by atoms with Gasteiger partial charge in [0.25, 0.3) is 5.91 Å². The highest BCUT2D eigenvalue weighted by Crippen LogP contribution is 2.25. The molecule has 0 atom stereocenters. The van der Waals surface area contributed by atoms with Crippen molar-refractivity contribution in [3.8, 4) is 0 Å². The van der Waals surface area contributed by atoms with Gasteiger partial charge < -0.3 is 9.64 Å². The smallest absolute Gasteiger partial charge is 0.338 e. The summed E-state index contributed by atoms with van der Waals surface area (Å²) in [6, 6.07) is 13.6. The van der Waals surface area contributed by atoms with E-state index < -0.39 is 16.0 Å². The number of hydrogen-bond donors (Lipinski definition) is 0. The highest BCUT2D eigenvalue weighted by atomic mass is 32.2. The third kappa shape index (κ3) is 6.45. The first-order chi connectivity index (χ1) is 16.1. The lowest BCUT2D eigenvalue weighted by Gasteiger charge is -2.28. The van der Waals surface area contributed by atoms with Gasteiger partial charge in [0.15, 0.2) is 6.61 Å². The molecule has 0 saturated carbocycles. The second kappa shape index (κ2) is 11.1. The van der Waals surface area contributed by atoms with Gasteiger partial charge in [-0.05, 0) is 47.6 Å². The molecule has 1 heterocycles. The number of amides is 1. The second-order valence-electron chi connectivity index (χ2n) is 9.55. The van der Waals surface area contributed by atoms with Crippen LogP contribution in [0.3, 0.4) is 0 Å². The van der Waals surface area contributed by atoms with Crippen LogP contribution >= 0.6 is 0 Å². The summed E-state index contributed by atoms with van der Waals surface area (Å²) >= 11 is 0. The monoisotopic (exact) mass is 486 g/mol. The Balaban J connectivity index is 1.68. The maximum absolute atomic E-state index is 13.2. The van der Waals surface area contributed by atoms with Gasteiger partial charge in [-0.25, -0.2) is 13.2 Å². The fourth-order valence-corrected chi connectivity index (χ4v) is 5.53.